The number of ether oxygens (including phenoxy) is 1. The first-order valence-corrected chi connectivity index (χ1v) is 7.94. The lowest BCUT2D eigenvalue weighted by atomic mass is 9.97. The van der Waals surface area contributed by atoms with Gasteiger partial charge >= 0.3 is 0 Å². The highest BCUT2D eigenvalue weighted by atomic mass is 16.6. The fourth-order valence-corrected chi connectivity index (χ4v) is 3.33. The topological polar surface area (TPSA) is 127 Å². The number of nitroso groups, excluding NO2 is 1. The Morgan fingerprint density at radius 2 is 2.08 bits per heavy atom. The standard InChI is InChI=1S/C15H22N3O6/c19-8-11-12(20)13(21)14(22)15(24-11)17-4-1-2-9(6-17)10-3-5-18(7-10)16-23/h1-2,4,6,10-15,19-22H,3,5,7-8H2/q+1. The van der Waals surface area contributed by atoms with Crippen molar-refractivity contribution in [3.05, 3.63) is 35.0 Å². The predicted molar refractivity (Wildman–Crippen MR) is 80.4 cm³/mol. The van der Waals surface area contributed by atoms with Crippen molar-refractivity contribution in [2.75, 3.05) is 19.7 Å². The summed E-state index contributed by atoms with van der Waals surface area (Å²) in [7, 11) is 0. The first kappa shape index (κ1) is 17.2. The van der Waals surface area contributed by atoms with E-state index in [0.29, 0.717) is 13.1 Å². The molecule has 0 saturated carbocycles. The van der Waals surface area contributed by atoms with Gasteiger partial charge in [0.25, 0.3) is 6.23 Å². The smallest absolute Gasteiger partial charge is 0.292 e. The molecule has 0 radical (unpaired) electrons. The molecule has 1 aromatic heterocycles. The number of aliphatic hydroxyl groups excluding tert-OH is 4. The minimum Gasteiger partial charge on any atom is -0.394 e. The minimum absolute atomic E-state index is 0.139. The molecule has 0 spiro atoms. The highest BCUT2D eigenvalue weighted by molar-refractivity contribution is 5.14. The molecular weight excluding hydrogens is 318 g/mol. The van der Waals surface area contributed by atoms with Gasteiger partial charge in [0, 0.05) is 30.6 Å². The van der Waals surface area contributed by atoms with Gasteiger partial charge in [-0.2, -0.15) is 4.57 Å². The molecule has 0 aromatic carbocycles. The van der Waals surface area contributed by atoms with Crippen LogP contribution >= 0.6 is 0 Å². The molecule has 6 atom stereocenters. The van der Waals surface area contributed by atoms with Crippen molar-refractivity contribution >= 4 is 0 Å². The lowest BCUT2D eigenvalue weighted by molar-refractivity contribution is -0.778. The second-order valence-electron chi connectivity index (χ2n) is 6.28. The van der Waals surface area contributed by atoms with Crippen molar-refractivity contribution in [1.29, 1.82) is 0 Å². The van der Waals surface area contributed by atoms with Crippen LogP contribution in [0, 0.1) is 4.91 Å². The van der Waals surface area contributed by atoms with E-state index in [0.717, 1.165) is 12.0 Å². The molecule has 6 unspecified atom stereocenters. The van der Waals surface area contributed by atoms with E-state index >= 15 is 0 Å². The average Bonchev–Trinajstić information content (AvgIpc) is 3.09. The molecule has 2 fully saturated rings. The second-order valence-corrected chi connectivity index (χ2v) is 6.28. The number of aromatic nitrogens is 1. The molecule has 0 amide bonds. The highest BCUT2D eigenvalue weighted by Crippen LogP contribution is 2.28. The minimum atomic E-state index is -1.42. The summed E-state index contributed by atoms with van der Waals surface area (Å²) in [6, 6.07) is 3.70. The first-order valence-electron chi connectivity index (χ1n) is 7.94. The normalized spacial score (nSPS) is 36.8. The Labute approximate surface area is 138 Å². The van der Waals surface area contributed by atoms with E-state index < -0.39 is 37.3 Å². The van der Waals surface area contributed by atoms with Crippen molar-refractivity contribution in [2.45, 2.75) is 43.0 Å². The van der Waals surface area contributed by atoms with Gasteiger partial charge in [0.2, 0.25) is 0 Å². The molecule has 3 rings (SSSR count). The number of rotatable bonds is 4. The molecular formula is C15H22N3O6+. The fraction of sp³-hybridized carbons (Fsp3) is 0.667. The molecule has 2 aliphatic heterocycles. The largest absolute Gasteiger partial charge is 0.394 e. The molecule has 0 aliphatic carbocycles. The van der Waals surface area contributed by atoms with E-state index in [1.165, 1.54) is 5.01 Å². The molecule has 24 heavy (non-hydrogen) atoms. The monoisotopic (exact) mass is 340 g/mol. The quantitative estimate of drug-likeness (QED) is 0.385. The summed E-state index contributed by atoms with van der Waals surface area (Å²) in [6.07, 6.45) is -1.75. The van der Waals surface area contributed by atoms with Crippen LogP contribution in [0.3, 0.4) is 0 Å². The molecule has 2 aliphatic rings. The van der Waals surface area contributed by atoms with Crippen LogP contribution in [0.15, 0.2) is 29.8 Å². The van der Waals surface area contributed by atoms with Gasteiger partial charge in [-0.05, 0) is 12.5 Å². The molecule has 3 heterocycles. The van der Waals surface area contributed by atoms with Crippen LogP contribution in [-0.2, 0) is 4.74 Å². The van der Waals surface area contributed by atoms with E-state index in [4.69, 9.17) is 4.74 Å². The molecule has 132 valence electrons. The molecule has 1 aromatic rings. The maximum Gasteiger partial charge on any atom is 0.292 e. The zero-order valence-electron chi connectivity index (χ0n) is 13.0. The Bertz CT molecular complexity index is 586. The number of pyridine rings is 1. The summed E-state index contributed by atoms with van der Waals surface area (Å²) in [5, 5.41) is 43.7. The zero-order chi connectivity index (χ0) is 17.3. The number of hydrogen-bond donors (Lipinski definition) is 4. The van der Waals surface area contributed by atoms with Crippen molar-refractivity contribution < 1.29 is 29.7 Å². The van der Waals surface area contributed by atoms with Crippen LogP contribution in [0.5, 0.6) is 0 Å². The third-order valence-electron chi connectivity index (χ3n) is 4.76. The van der Waals surface area contributed by atoms with Gasteiger partial charge in [0.1, 0.15) is 18.3 Å². The Morgan fingerprint density at radius 1 is 1.29 bits per heavy atom. The first-order chi connectivity index (χ1) is 11.5. The van der Waals surface area contributed by atoms with Crippen LogP contribution in [0.4, 0.5) is 0 Å². The number of nitrogens with zero attached hydrogens (tertiary/aromatic N) is 3. The van der Waals surface area contributed by atoms with E-state index in [1.54, 1.807) is 23.0 Å². The van der Waals surface area contributed by atoms with Crippen LogP contribution in [0.2, 0.25) is 0 Å². The Morgan fingerprint density at radius 3 is 2.75 bits per heavy atom. The lowest BCUT2D eigenvalue weighted by Crippen LogP contribution is -2.62. The highest BCUT2D eigenvalue weighted by Gasteiger charge is 2.48. The fourth-order valence-electron chi connectivity index (χ4n) is 3.33. The van der Waals surface area contributed by atoms with Gasteiger partial charge in [-0.1, -0.05) is 0 Å². The van der Waals surface area contributed by atoms with Crippen LogP contribution in [0.1, 0.15) is 24.1 Å². The van der Waals surface area contributed by atoms with Gasteiger partial charge in [-0.15, -0.1) is 4.91 Å². The SMILES string of the molecule is O=NN1CCC(c2ccc[n+](C3OC(CO)C(O)C(O)C3O)c2)C1. The van der Waals surface area contributed by atoms with Gasteiger partial charge in [0.15, 0.2) is 18.5 Å². The second kappa shape index (κ2) is 7.08. The lowest BCUT2D eigenvalue weighted by Gasteiger charge is -2.36. The van der Waals surface area contributed by atoms with Gasteiger partial charge in [0.05, 0.1) is 11.9 Å². The molecule has 0 bridgehead atoms. The Kier molecular flexibility index (Phi) is 5.07. The third kappa shape index (κ3) is 3.13. The van der Waals surface area contributed by atoms with Crippen LogP contribution in [-0.4, -0.2) is 69.5 Å². The summed E-state index contributed by atoms with van der Waals surface area (Å²) in [4.78, 5) is 10.6. The maximum absolute atomic E-state index is 10.6. The van der Waals surface area contributed by atoms with Gasteiger partial charge in [-0.3, -0.25) is 5.01 Å². The van der Waals surface area contributed by atoms with E-state index in [-0.39, 0.29) is 5.92 Å². The Hall–Kier alpha value is -1.65. The van der Waals surface area contributed by atoms with Crippen molar-refractivity contribution in [3.8, 4) is 0 Å². The zero-order valence-corrected chi connectivity index (χ0v) is 13.0. The van der Waals surface area contributed by atoms with Crippen molar-refractivity contribution in [2.24, 2.45) is 5.29 Å². The van der Waals surface area contributed by atoms with Crippen LogP contribution < -0.4 is 4.57 Å². The van der Waals surface area contributed by atoms with Gasteiger partial charge < -0.3 is 25.2 Å². The summed E-state index contributed by atoms with van der Waals surface area (Å²) in [5.41, 5.74) is 0.959. The third-order valence-corrected chi connectivity index (χ3v) is 4.76. The van der Waals surface area contributed by atoms with Gasteiger partial charge in [-0.25, -0.2) is 0 Å². The van der Waals surface area contributed by atoms with Crippen molar-refractivity contribution in [1.82, 2.24) is 5.01 Å². The molecule has 9 nitrogen and oxygen atoms in total. The average molecular weight is 340 g/mol. The molecule has 9 heteroatoms. The number of aliphatic hydroxyl groups is 4. The van der Waals surface area contributed by atoms with E-state index in [1.807, 2.05) is 6.07 Å². The summed E-state index contributed by atoms with van der Waals surface area (Å²) in [6.45, 7) is 0.662. The van der Waals surface area contributed by atoms with Crippen molar-refractivity contribution in [3.63, 3.8) is 0 Å². The summed E-state index contributed by atoms with van der Waals surface area (Å²) < 4.78 is 7.16. The Balaban J connectivity index is 1.81. The number of hydrogen-bond acceptors (Lipinski definition) is 7. The summed E-state index contributed by atoms with van der Waals surface area (Å²) >= 11 is 0. The maximum atomic E-state index is 10.6. The molecule has 2 saturated heterocycles. The van der Waals surface area contributed by atoms with E-state index in [9.17, 15) is 25.3 Å². The van der Waals surface area contributed by atoms with E-state index in [2.05, 4.69) is 5.29 Å². The molecule has 4 N–H and O–H groups in total. The van der Waals surface area contributed by atoms with Crippen LogP contribution in [0.25, 0.3) is 0 Å². The predicted octanol–water partition coefficient (Wildman–Crippen LogP) is -1.58. The summed E-state index contributed by atoms with van der Waals surface area (Å²) in [5.74, 6) is 0.139.